The van der Waals surface area contributed by atoms with Crippen LogP contribution >= 0.6 is 0 Å². The molecule has 3 N–H and O–H groups in total. The van der Waals surface area contributed by atoms with Gasteiger partial charge in [0.1, 0.15) is 0 Å². The molecule has 2 heteroatoms. The predicted octanol–water partition coefficient (Wildman–Crippen LogP) is 0.0856. The van der Waals surface area contributed by atoms with Crippen molar-refractivity contribution in [1.29, 1.82) is 0 Å². The molecule has 52 valence electrons. The maximum absolute atomic E-state index is 5.88. The first kappa shape index (κ1) is 5.69. The molecule has 2 nitrogen and oxygen atoms in total. The van der Waals surface area contributed by atoms with E-state index >= 15 is 0 Å². The van der Waals surface area contributed by atoms with Crippen LogP contribution in [0.1, 0.15) is 19.3 Å². The average molecular weight is 126 g/mol. The number of fused-ring (bicyclic) bond motifs is 3. The van der Waals surface area contributed by atoms with Gasteiger partial charge >= 0.3 is 0 Å². The van der Waals surface area contributed by atoms with E-state index < -0.39 is 0 Å². The molecule has 0 spiro atoms. The highest BCUT2D eigenvalue weighted by Gasteiger charge is 2.32. The summed E-state index contributed by atoms with van der Waals surface area (Å²) in [6.45, 7) is 1.17. The Balaban J connectivity index is 2.06. The van der Waals surface area contributed by atoms with Gasteiger partial charge in [0.2, 0.25) is 0 Å². The van der Waals surface area contributed by atoms with E-state index in [1.165, 1.54) is 25.8 Å². The molecule has 2 bridgehead atoms. The fourth-order valence-corrected chi connectivity index (χ4v) is 2.03. The van der Waals surface area contributed by atoms with Gasteiger partial charge in [-0.1, -0.05) is 0 Å². The number of piperidine rings is 2. The third-order valence-electron chi connectivity index (χ3n) is 2.72. The van der Waals surface area contributed by atoms with Crippen LogP contribution in [-0.4, -0.2) is 18.6 Å². The molecule has 0 aromatic carbocycles. The molecule has 0 amide bonds. The van der Waals surface area contributed by atoms with Crippen LogP contribution < -0.4 is 11.1 Å². The zero-order valence-electron chi connectivity index (χ0n) is 5.64. The Morgan fingerprint density at radius 1 is 1.33 bits per heavy atom. The molecule has 3 aliphatic rings. The molecular formula is C7H14N2. The molecule has 0 aromatic heterocycles. The SMILES string of the molecule is N[C@H]1C[C@H]2CCC1CN2. The van der Waals surface area contributed by atoms with E-state index in [0.29, 0.717) is 6.04 Å². The van der Waals surface area contributed by atoms with Crippen molar-refractivity contribution in [3.05, 3.63) is 0 Å². The van der Waals surface area contributed by atoms with Crippen molar-refractivity contribution in [2.24, 2.45) is 11.7 Å². The second-order valence-electron chi connectivity index (χ2n) is 3.34. The lowest BCUT2D eigenvalue weighted by Gasteiger charge is -2.41. The van der Waals surface area contributed by atoms with E-state index in [0.717, 1.165) is 12.0 Å². The summed E-state index contributed by atoms with van der Waals surface area (Å²) in [6, 6.07) is 1.26. The number of hydrogen-bond donors (Lipinski definition) is 2. The van der Waals surface area contributed by atoms with E-state index in [1.54, 1.807) is 0 Å². The van der Waals surface area contributed by atoms with Gasteiger partial charge in [-0.2, -0.15) is 0 Å². The van der Waals surface area contributed by atoms with Crippen molar-refractivity contribution in [3.8, 4) is 0 Å². The lowest BCUT2D eigenvalue weighted by Crippen LogP contribution is -2.54. The van der Waals surface area contributed by atoms with Crippen LogP contribution in [0.25, 0.3) is 0 Å². The van der Waals surface area contributed by atoms with E-state index in [9.17, 15) is 0 Å². The molecule has 1 saturated carbocycles. The summed E-state index contributed by atoms with van der Waals surface area (Å²) in [6.07, 6.45) is 3.93. The molecule has 2 aliphatic heterocycles. The second kappa shape index (κ2) is 1.96. The molecule has 0 aromatic rings. The summed E-state index contributed by atoms with van der Waals surface area (Å²) in [5.74, 6) is 0.787. The Bertz CT molecular complexity index is 105. The van der Waals surface area contributed by atoms with Gasteiger partial charge < -0.3 is 11.1 Å². The fraction of sp³-hybridized carbons (Fsp3) is 1.00. The first-order valence-corrected chi connectivity index (χ1v) is 3.85. The third-order valence-corrected chi connectivity index (χ3v) is 2.72. The van der Waals surface area contributed by atoms with Gasteiger partial charge in [-0.25, -0.2) is 0 Å². The second-order valence-corrected chi connectivity index (χ2v) is 3.34. The van der Waals surface area contributed by atoms with Gasteiger partial charge in [0.25, 0.3) is 0 Å². The highest BCUT2D eigenvalue weighted by Crippen LogP contribution is 2.27. The molecule has 2 heterocycles. The minimum Gasteiger partial charge on any atom is -0.327 e. The lowest BCUT2D eigenvalue weighted by molar-refractivity contribution is 0.183. The molecule has 2 saturated heterocycles. The van der Waals surface area contributed by atoms with E-state index in [2.05, 4.69) is 5.32 Å². The van der Waals surface area contributed by atoms with Crippen LogP contribution in [0.4, 0.5) is 0 Å². The van der Waals surface area contributed by atoms with Crippen molar-refractivity contribution >= 4 is 0 Å². The van der Waals surface area contributed by atoms with Crippen LogP contribution in [0, 0.1) is 5.92 Å². The monoisotopic (exact) mass is 126 g/mol. The van der Waals surface area contributed by atoms with E-state index in [1.807, 2.05) is 0 Å². The van der Waals surface area contributed by atoms with Crippen molar-refractivity contribution in [3.63, 3.8) is 0 Å². The Hall–Kier alpha value is -0.0800. The molecule has 3 fully saturated rings. The van der Waals surface area contributed by atoms with Crippen LogP contribution in [0.2, 0.25) is 0 Å². The van der Waals surface area contributed by atoms with Gasteiger partial charge in [0.05, 0.1) is 0 Å². The number of rotatable bonds is 0. The van der Waals surface area contributed by atoms with E-state index in [-0.39, 0.29) is 0 Å². The smallest absolute Gasteiger partial charge is 0.00940 e. The number of nitrogens with one attached hydrogen (secondary N) is 1. The van der Waals surface area contributed by atoms with Crippen molar-refractivity contribution in [1.82, 2.24) is 5.32 Å². The van der Waals surface area contributed by atoms with E-state index in [4.69, 9.17) is 5.73 Å². The van der Waals surface area contributed by atoms with Crippen molar-refractivity contribution < 1.29 is 0 Å². The molecule has 1 aliphatic carbocycles. The van der Waals surface area contributed by atoms with Crippen LogP contribution in [0.5, 0.6) is 0 Å². The quantitative estimate of drug-likeness (QED) is 0.482. The molecule has 3 atom stereocenters. The van der Waals surface area contributed by atoms with Gasteiger partial charge in [-0.05, 0) is 31.7 Å². The minimum absolute atomic E-state index is 0.505. The van der Waals surface area contributed by atoms with Crippen molar-refractivity contribution in [2.75, 3.05) is 6.54 Å². The predicted molar refractivity (Wildman–Crippen MR) is 37.1 cm³/mol. The topological polar surface area (TPSA) is 38.0 Å². The number of hydrogen-bond acceptors (Lipinski definition) is 2. The highest BCUT2D eigenvalue weighted by atomic mass is 15.0. The lowest BCUT2D eigenvalue weighted by atomic mass is 9.78. The Morgan fingerprint density at radius 2 is 2.22 bits per heavy atom. The standard InChI is InChI=1S/C7H14N2/c8-7-3-6-2-1-5(7)4-9-6/h5-7,9H,1-4,8H2/t5?,6-,7+/m1/s1. The zero-order valence-corrected chi connectivity index (χ0v) is 5.64. The number of nitrogens with two attached hydrogens (primary N) is 1. The fourth-order valence-electron chi connectivity index (χ4n) is 2.03. The average Bonchev–Trinajstić information content (AvgIpc) is 1.90. The highest BCUT2D eigenvalue weighted by molar-refractivity contribution is 4.92. The third kappa shape index (κ3) is 0.864. The molecular weight excluding hydrogens is 112 g/mol. The van der Waals surface area contributed by atoms with Crippen LogP contribution in [0.3, 0.4) is 0 Å². The largest absolute Gasteiger partial charge is 0.327 e. The van der Waals surface area contributed by atoms with Gasteiger partial charge in [0.15, 0.2) is 0 Å². The Morgan fingerprint density at radius 3 is 2.44 bits per heavy atom. The zero-order chi connectivity index (χ0) is 6.27. The Labute approximate surface area is 55.8 Å². The summed E-state index contributed by atoms with van der Waals surface area (Å²) in [4.78, 5) is 0. The Kier molecular flexibility index (Phi) is 1.24. The summed E-state index contributed by atoms with van der Waals surface area (Å²) < 4.78 is 0. The normalized spacial score (nSPS) is 49.7. The summed E-state index contributed by atoms with van der Waals surface area (Å²) in [7, 11) is 0. The van der Waals surface area contributed by atoms with Crippen LogP contribution in [-0.2, 0) is 0 Å². The maximum atomic E-state index is 5.88. The van der Waals surface area contributed by atoms with Gasteiger partial charge in [0, 0.05) is 12.1 Å². The first-order chi connectivity index (χ1) is 4.36. The van der Waals surface area contributed by atoms with Gasteiger partial charge in [-0.3, -0.25) is 0 Å². The summed E-state index contributed by atoms with van der Waals surface area (Å²) in [5, 5.41) is 3.47. The van der Waals surface area contributed by atoms with Gasteiger partial charge in [-0.15, -0.1) is 0 Å². The first-order valence-electron chi connectivity index (χ1n) is 3.85. The molecule has 1 unspecified atom stereocenters. The molecule has 3 rings (SSSR count). The minimum atomic E-state index is 0.505. The van der Waals surface area contributed by atoms with Crippen LogP contribution in [0.15, 0.2) is 0 Å². The molecule has 9 heavy (non-hydrogen) atoms. The maximum Gasteiger partial charge on any atom is 0.00940 e. The molecule has 0 radical (unpaired) electrons. The summed E-state index contributed by atoms with van der Waals surface area (Å²) >= 11 is 0. The summed E-state index contributed by atoms with van der Waals surface area (Å²) in [5.41, 5.74) is 5.88. The van der Waals surface area contributed by atoms with Crippen molar-refractivity contribution in [2.45, 2.75) is 31.3 Å².